The molecule has 5 aromatic rings. The Labute approximate surface area is 203 Å². The Kier molecular flexibility index (Phi) is 3.71. The van der Waals surface area contributed by atoms with Crippen LogP contribution < -0.4 is 26.2 Å². The topological polar surface area (TPSA) is 6.48 Å². The lowest BCUT2D eigenvalue weighted by molar-refractivity contribution is 1.17. The van der Waals surface area contributed by atoms with Crippen LogP contribution in [0.25, 0.3) is 0 Å². The Morgan fingerprint density at radius 2 is 1.09 bits per heavy atom. The lowest BCUT2D eigenvalue weighted by atomic mass is 9.33. The van der Waals surface area contributed by atoms with Crippen LogP contribution in [-0.4, -0.2) is 6.71 Å². The molecule has 2 nitrogen and oxygen atoms in total. The van der Waals surface area contributed by atoms with Crippen LogP contribution in [0.3, 0.4) is 0 Å². The highest BCUT2D eigenvalue weighted by atomic mass is 32.2. The molecule has 5 aromatic carbocycles. The van der Waals surface area contributed by atoms with Gasteiger partial charge in [-0.15, -0.1) is 0 Å². The van der Waals surface area contributed by atoms with Crippen molar-refractivity contribution < 1.29 is 0 Å². The summed E-state index contributed by atoms with van der Waals surface area (Å²) in [5, 5.41) is 0. The van der Waals surface area contributed by atoms with Crippen molar-refractivity contribution in [2.24, 2.45) is 0 Å². The van der Waals surface area contributed by atoms with Crippen molar-refractivity contribution >= 4 is 69.0 Å². The average molecular weight is 450 g/mol. The summed E-state index contributed by atoms with van der Waals surface area (Å²) in [7, 11) is 0. The minimum atomic E-state index is 0.208. The van der Waals surface area contributed by atoms with E-state index >= 15 is 0 Å². The molecular formula is C30H19BN2S. The number of fused-ring (bicyclic) bond motifs is 6. The predicted molar refractivity (Wildman–Crippen MR) is 145 cm³/mol. The van der Waals surface area contributed by atoms with Gasteiger partial charge in [0.2, 0.25) is 0 Å². The zero-order chi connectivity index (χ0) is 22.2. The van der Waals surface area contributed by atoms with Gasteiger partial charge in [0.05, 0.1) is 11.4 Å². The van der Waals surface area contributed by atoms with Crippen LogP contribution in [0.4, 0.5) is 34.1 Å². The third-order valence-electron chi connectivity index (χ3n) is 7.22. The number of hydrogen-bond acceptors (Lipinski definition) is 3. The van der Waals surface area contributed by atoms with Gasteiger partial charge in [-0.05, 0) is 64.9 Å². The highest BCUT2D eigenvalue weighted by Crippen LogP contribution is 2.53. The first kappa shape index (κ1) is 18.5. The molecule has 3 aliphatic rings. The molecular weight excluding hydrogens is 431 g/mol. The van der Waals surface area contributed by atoms with Gasteiger partial charge in [0.1, 0.15) is 0 Å². The molecule has 0 N–H and O–H groups in total. The van der Waals surface area contributed by atoms with Crippen LogP contribution in [0.5, 0.6) is 0 Å². The van der Waals surface area contributed by atoms with Gasteiger partial charge < -0.3 is 9.80 Å². The third kappa shape index (κ3) is 2.33. The molecule has 0 aromatic heterocycles. The van der Waals surface area contributed by atoms with Gasteiger partial charge in [0.15, 0.2) is 0 Å². The van der Waals surface area contributed by atoms with Gasteiger partial charge >= 0.3 is 0 Å². The van der Waals surface area contributed by atoms with Crippen molar-refractivity contribution in [3.05, 3.63) is 115 Å². The SMILES string of the molecule is c1ccc(N2c3ccccc3B3c4cccc5c4N(c4ccccc4S5)c4cccc2c43)cc1. The highest BCUT2D eigenvalue weighted by Gasteiger charge is 2.44. The van der Waals surface area contributed by atoms with Crippen LogP contribution in [0.1, 0.15) is 0 Å². The molecule has 158 valence electrons. The van der Waals surface area contributed by atoms with E-state index in [1.54, 1.807) is 0 Å². The summed E-state index contributed by atoms with van der Waals surface area (Å²) in [5.41, 5.74) is 11.7. The number of hydrogen-bond donors (Lipinski definition) is 0. The molecule has 3 heterocycles. The lowest BCUT2D eigenvalue weighted by Crippen LogP contribution is -2.61. The van der Waals surface area contributed by atoms with Crippen LogP contribution in [-0.2, 0) is 0 Å². The van der Waals surface area contributed by atoms with E-state index in [2.05, 4.69) is 125 Å². The lowest BCUT2D eigenvalue weighted by Gasteiger charge is -2.46. The van der Waals surface area contributed by atoms with Gasteiger partial charge in [0, 0.05) is 32.5 Å². The molecule has 3 aliphatic heterocycles. The van der Waals surface area contributed by atoms with Crippen molar-refractivity contribution in [3.63, 3.8) is 0 Å². The summed E-state index contributed by atoms with van der Waals surface area (Å²) >= 11 is 1.89. The Morgan fingerprint density at radius 3 is 1.97 bits per heavy atom. The third-order valence-corrected chi connectivity index (χ3v) is 8.34. The minimum Gasteiger partial charge on any atom is -0.311 e. The van der Waals surface area contributed by atoms with E-state index in [9.17, 15) is 0 Å². The summed E-state index contributed by atoms with van der Waals surface area (Å²) in [5.74, 6) is 0. The number of benzene rings is 5. The van der Waals surface area contributed by atoms with Gasteiger partial charge in [-0.3, -0.25) is 0 Å². The molecule has 8 rings (SSSR count). The van der Waals surface area contributed by atoms with Crippen molar-refractivity contribution in [1.82, 2.24) is 0 Å². The molecule has 0 amide bonds. The molecule has 0 aliphatic carbocycles. The summed E-state index contributed by atoms with van der Waals surface area (Å²) in [6.45, 7) is 0.208. The van der Waals surface area contributed by atoms with Crippen LogP contribution >= 0.6 is 11.8 Å². The van der Waals surface area contributed by atoms with Crippen molar-refractivity contribution in [2.45, 2.75) is 9.79 Å². The molecule has 0 spiro atoms. The Morgan fingerprint density at radius 1 is 0.471 bits per heavy atom. The van der Waals surface area contributed by atoms with Gasteiger partial charge in [-0.1, -0.05) is 78.5 Å². The Balaban J connectivity index is 1.50. The largest absolute Gasteiger partial charge is 0.311 e. The number of para-hydroxylation sites is 4. The first-order valence-corrected chi connectivity index (χ1v) is 12.5. The number of nitrogens with zero attached hydrogens (tertiary/aromatic N) is 2. The fraction of sp³-hybridized carbons (Fsp3) is 0. The second-order valence-electron chi connectivity index (χ2n) is 8.97. The Bertz CT molecular complexity index is 1610. The van der Waals surface area contributed by atoms with E-state index in [1.807, 2.05) is 11.8 Å². The monoisotopic (exact) mass is 450 g/mol. The average Bonchev–Trinajstić information content (AvgIpc) is 2.90. The molecule has 0 bridgehead atoms. The molecule has 0 atom stereocenters. The summed E-state index contributed by atoms with van der Waals surface area (Å²) < 4.78 is 0. The molecule has 0 unspecified atom stereocenters. The van der Waals surface area contributed by atoms with E-state index in [-0.39, 0.29) is 6.71 Å². The van der Waals surface area contributed by atoms with E-state index in [0.717, 1.165) is 0 Å². The Hall–Kier alpha value is -3.89. The van der Waals surface area contributed by atoms with Crippen LogP contribution in [0, 0.1) is 0 Å². The molecule has 0 fully saturated rings. The number of rotatable bonds is 1. The first-order chi connectivity index (χ1) is 16.9. The second kappa shape index (κ2) is 6.81. The van der Waals surface area contributed by atoms with E-state index < -0.39 is 0 Å². The maximum atomic E-state index is 2.50. The van der Waals surface area contributed by atoms with Crippen LogP contribution in [0.15, 0.2) is 125 Å². The van der Waals surface area contributed by atoms with Crippen molar-refractivity contribution in [1.29, 1.82) is 0 Å². The van der Waals surface area contributed by atoms with Gasteiger partial charge in [-0.2, -0.15) is 0 Å². The quantitative estimate of drug-likeness (QED) is 0.274. The molecule has 34 heavy (non-hydrogen) atoms. The van der Waals surface area contributed by atoms with E-state index in [4.69, 9.17) is 0 Å². The maximum absolute atomic E-state index is 2.50. The zero-order valence-electron chi connectivity index (χ0n) is 18.3. The van der Waals surface area contributed by atoms with Gasteiger partial charge in [0.25, 0.3) is 6.71 Å². The summed E-state index contributed by atoms with van der Waals surface area (Å²) in [4.78, 5) is 7.57. The highest BCUT2D eigenvalue weighted by molar-refractivity contribution is 7.99. The van der Waals surface area contributed by atoms with E-state index in [1.165, 1.54) is 60.3 Å². The standard InChI is InChI=1S/C30H19BN2S/c1-2-10-20(11-3-1)32-23-14-5-4-12-21(23)31-22-13-8-19-28-30(22)33(24-15-6-7-18-27(24)34-28)26-17-9-16-25(32)29(26)31/h1-19H. The smallest absolute Gasteiger partial charge is 0.252 e. The summed E-state index contributed by atoms with van der Waals surface area (Å²) in [6.07, 6.45) is 0. The molecule has 4 heteroatoms. The van der Waals surface area contributed by atoms with Crippen molar-refractivity contribution in [3.8, 4) is 0 Å². The number of anilines is 6. The second-order valence-corrected chi connectivity index (χ2v) is 10.1. The normalized spacial score (nSPS) is 14.2. The van der Waals surface area contributed by atoms with Crippen molar-refractivity contribution in [2.75, 3.05) is 9.80 Å². The summed E-state index contributed by atoms with van der Waals surface area (Å²) in [6, 6.07) is 42.1. The van der Waals surface area contributed by atoms with E-state index in [0.29, 0.717) is 0 Å². The minimum absolute atomic E-state index is 0.208. The molecule has 0 saturated heterocycles. The molecule has 0 saturated carbocycles. The first-order valence-electron chi connectivity index (χ1n) is 11.7. The fourth-order valence-corrected chi connectivity index (χ4v) is 7.04. The maximum Gasteiger partial charge on any atom is 0.252 e. The predicted octanol–water partition coefficient (Wildman–Crippen LogP) is 6.23. The molecule has 0 radical (unpaired) electrons. The fourth-order valence-electron chi connectivity index (χ4n) is 5.94. The van der Waals surface area contributed by atoms with Crippen LogP contribution in [0.2, 0.25) is 0 Å². The van der Waals surface area contributed by atoms with Gasteiger partial charge in [-0.25, -0.2) is 0 Å². The zero-order valence-corrected chi connectivity index (χ0v) is 19.2.